The number of carboxylic acids is 1. The minimum atomic E-state index is -2.56. The summed E-state index contributed by atoms with van der Waals surface area (Å²) in [4.78, 5) is 37.8. The van der Waals surface area contributed by atoms with Crippen LogP contribution in [0.5, 0.6) is 5.75 Å². The maximum atomic E-state index is 12.9. The van der Waals surface area contributed by atoms with Crippen molar-refractivity contribution in [3.63, 3.8) is 0 Å². The minimum absolute atomic E-state index is 0.0919. The average molecular weight is 397 g/mol. The Morgan fingerprint density at radius 3 is 2.28 bits per heavy atom. The molecule has 4 N–H and O–H groups in total. The number of nitrogens with zero attached hydrogens (tertiary/aromatic N) is 1. The lowest BCUT2D eigenvalue weighted by molar-refractivity contribution is -0.164. The molecule has 29 heavy (non-hydrogen) atoms. The lowest BCUT2D eigenvalue weighted by Crippen LogP contribution is -2.64. The number of hydrogen-bond acceptors (Lipinski definition) is 6. The number of ketones is 1. The van der Waals surface area contributed by atoms with Crippen LogP contribution in [0.25, 0.3) is 0 Å². The third-order valence-corrected chi connectivity index (χ3v) is 3.99. The number of para-hydroxylation sites is 1. The van der Waals surface area contributed by atoms with E-state index in [9.17, 15) is 19.5 Å². The number of rotatable bonds is 9. The molecule has 152 valence electrons. The number of aliphatic carboxylic acids is 1. The van der Waals surface area contributed by atoms with Gasteiger partial charge >= 0.3 is 11.7 Å². The fourth-order valence-electron chi connectivity index (χ4n) is 2.59. The van der Waals surface area contributed by atoms with E-state index >= 15 is 0 Å². The average Bonchev–Trinajstić information content (AvgIpc) is 2.68. The number of Topliss-reactive ketones (excluding diaryl/α,β-unsaturated/α-hetero) is 1. The van der Waals surface area contributed by atoms with Gasteiger partial charge in [0.15, 0.2) is 0 Å². The van der Waals surface area contributed by atoms with Crippen LogP contribution in [0.15, 0.2) is 59.7 Å². The van der Waals surface area contributed by atoms with E-state index in [1.807, 2.05) is 0 Å². The zero-order chi connectivity index (χ0) is 21.4. The summed E-state index contributed by atoms with van der Waals surface area (Å²) in [6.45, 7) is 3.54. The molecule has 2 aromatic rings. The fourth-order valence-corrected chi connectivity index (χ4v) is 2.59. The van der Waals surface area contributed by atoms with E-state index in [0.29, 0.717) is 5.56 Å². The first-order valence-corrected chi connectivity index (χ1v) is 8.95. The molecule has 0 fully saturated rings. The Labute approximate surface area is 168 Å². The second-order valence-corrected chi connectivity index (χ2v) is 6.78. The number of ether oxygens (including phenoxy) is 1. The number of nitrogens with one attached hydrogen (secondary N) is 1. The number of nitrogens with two attached hydrogens (primary N) is 1. The Morgan fingerprint density at radius 1 is 1.14 bits per heavy atom. The van der Waals surface area contributed by atoms with Gasteiger partial charge in [0.2, 0.25) is 5.78 Å². The Balaban J connectivity index is 2.40. The van der Waals surface area contributed by atoms with Gasteiger partial charge in [-0.25, -0.2) is 4.79 Å². The van der Waals surface area contributed by atoms with Crippen molar-refractivity contribution in [3.8, 4) is 5.75 Å². The summed E-state index contributed by atoms with van der Waals surface area (Å²) >= 11 is 0. The predicted octanol–water partition coefficient (Wildman–Crippen LogP) is 2.18. The first kappa shape index (κ1) is 21.6. The van der Waals surface area contributed by atoms with Gasteiger partial charge in [0, 0.05) is 12.0 Å². The van der Waals surface area contributed by atoms with E-state index in [0.717, 1.165) is 0 Å². The number of carbonyl (C=O) groups is 3. The van der Waals surface area contributed by atoms with Crippen LogP contribution in [-0.4, -0.2) is 34.7 Å². The van der Waals surface area contributed by atoms with Crippen molar-refractivity contribution in [2.45, 2.75) is 26.0 Å². The van der Waals surface area contributed by atoms with Gasteiger partial charge in [0.25, 0.3) is 5.91 Å². The van der Waals surface area contributed by atoms with Crippen LogP contribution in [0, 0.1) is 5.92 Å². The fraction of sp³-hybridized carbons (Fsp3) is 0.238. The summed E-state index contributed by atoms with van der Waals surface area (Å²) in [6, 6.07) is 14.1. The second-order valence-electron chi connectivity index (χ2n) is 6.78. The van der Waals surface area contributed by atoms with Crippen LogP contribution in [0.3, 0.4) is 0 Å². The SMILES string of the molecule is CC(C)CC(=O)C(NC(=O)c1ccc(C=NN)cc1)(Oc1ccccc1)C(=O)O. The molecule has 0 aliphatic carbocycles. The normalized spacial score (nSPS) is 13.1. The molecule has 0 spiro atoms. The standard InChI is InChI=1S/C21H23N3O5/c1-14(2)12-18(25)21(20(27)28,29-17-6-4-3-5-7-17)24-19(26)16-10-8-15(9-11-16)13-23-22/h3-11,13-14H,12,22H2,1-2H3,(H,24,26)(H,27,28). The first-order valence-electron chi connectivity index (χ1n) is 8.95. The van der Waals surface area contributed by atoms with E-state index < -0.39 is 23.4 Å². The molecule has 0 bridgehead atoms. The van der Waals surface area contributed by atoms with E-state index in [4.69, 9.17) is 10.6 Å². The van der Waals surface area contributed by atoms with Gasteiger partial charge in [-0.2, -0.15) is 5.10 Å². The molecule has 2 rings (SSSR count). The minimum Gasteiger partial charge on any atom is -0.476 e. The van der Waals surface area contributed by atoms with E-state index in [1.165, 1.54) is 30.5 Å². The molecular weight excluding hydrogens is 374 g/mol. The highest BCUT2D eigenvalue weighted by Crippen LogP contribution is 2.22. The summed E-state index contributed by atoms with van der Waals surface area (Å²) in [5, 5.41) is 15.6. The van der Waals surface area contributed by atoms with Crippen molar-refractivity contribution >= 4 is 23.9 Å². The zero-order valence-electron chi connectivity index (χ0n) is 16.2. The van der Waals surface area contributed by atoms with Gasteiger partial charge in [0.05, 0.1) is 6.21 Å². The summed E-state index contributed by atoms with van der Waals surface area (Å²) in [5.41, 5.74) is -1.75. The van der Waals surface area contributed by atoms with Crippen molar-refractivity contribution in [1.29, 1.82) is 0 Å². The summed E-state index contributed by atoms with van der Waals surface area (Å²) < 4.78 is 5.56. The van der Waals surface area contributed by atoms with Gasteiger partial charge in [-0.05, 0) is 35.7 Å². The van der Waals surface area contributed by atoms with E-state index in [2.05, 4.69) is 10.4 Å². The molecule has 8 heteroatoms. The van der Waals surface area contributed by atoms with Gasteiger partial charge < -0.3 is 15.7 Å². The predicted molar refractivity (Wildman–Crippen MR) is 108 cm³/mol. The smallest absolute Gasteiger partial charge is 0.378 e. The first-order chi connectivity index (χ1) is 13.8. The van der Waals surface area contributed by atoms with Crippen molar-refractivity contribution < 1.29 is 24.2 Å². The van der Waals surface area contributed by atoms with Gasteiger partial charge in [0.1, 0.15) is 5.75 Å². The lowest BCUT2D eigenvalue weighted by atomic mass is 9.97. The molecule has 2 aromatic carbocycles. The quantitative estimate of drug-likeness (QED) is 0.195. The second kappa shape index (κ2) is 9.50. The summed E-state index contributed by atoms with van der Waals surface area (Å²) in [5.74, 6) is 1.97. The van der Waals surface area contributed by atoms with Gasteiger partial charge in [-0.1, -0.05) is 44.2 Å². The third kappa shape index (κ3) is 5.41. The monoisotopic (exact) mass is 397 g/mol. The number of hydrogen-bond donors (Lipinski definition) is 3. The van der Waals surface area contributed by atoms with Crippen molar-refractivity contribution in [2.75, 3.05) is 0 Å². The highest BCUT2D eigenvalue weighted by Gasteiger charge is 2.50. The summed E-state index contributed by atoms with van der Waals surface area (Å²) in [7, 11) is 0. The Morgan fingerprint density at radius 2 is 1.76 bits per heavy atom. The molecule has 0 radical (unpaired) electrons. The van der Waals surface area contributed by atoms with Crippen LogP contribution in [0.4, 0.5) is 0 Å². The highest BCUT2D eigenvalue weighted by molar-refractivity contribution is 6.11. The van der Waals surface area contributed by atoms with Crippen molar-refractivity contribution in [3.05, 3.63) is 65.7 Å². The maximum absolute atomic E-state index is 12.9. The number of carbonyl (C=O) groups excluding carboxylic acids is 2. The maximum Gasteiger partial charge on any atom is 0.378 e. The van der Waals surface area contributed by atoms with Gasteiger partial charge in [-0.15, -0.1) is 0 Å². The van der Waals surface area contributed by atoms with Crippen molar-refractivity contribution in [2.24, 2.45) is 16.9 Å². The summed E-state index contributed by atoms with van der Waals surface area (Å²) in [6.07, 6.45) is 1.30. The van der Waals surface area contributed by atoms with Crippen LogP contribution >= 0.6 is 0 Å². The topological polar surface area (TPSA) is 131 Å². The van der Waals surface area contributed by atoms with Crippen molar-refractivity contribution in [1.82, 2.24) is 5.32 Å². The molecule has 0 aliphatic rings. The van der Waals surface area contributed by atoms with Crippen LogP contribution in [-0.2, 0) is 9.59 Å². The molecule has 1 unspecified atom stereocenters. The molecular formula is C21H23N3O5. The molecule has 0 aliphatic heterocycles. The van der Waals surface area contributed by atoms with Gasteiger partial charge in [-0.3, -0.25) is 14.9 Å². The molecule has 1 amide bonds. The number of amides is 1. The molecule has 8 nitrogen and oxygen atoms in total. The number of hydrazone groups is 1. The van der Waals surface area contributed by atoms with E-state index in [-0.39, 0.29) is 23.7 Å². The highest BCUT2D eigenvalue weighted by atomic mass is 16.5. The zero-order valence-corrected chi connectivity index (χ0v) is 16.2. The Bertz CT molecular complexity index is 894. The van der Waals surface area contributed by atoms with Crippen LogP contribution < -0.4 is 15.9 Å². The Hall–Kier alpha value is -3.68. The van der Waals surface area contributed by atoms with E-state index in [1.54, 1.807) is 44.2 Å². The number of benzene rings is 2. The largest absolute Gasteiger partial charge is 0.476 e. The molecule has 0 aromatic heterocycles. The molecule has 0 heterocycles. The van der Waals surface area contributed by atoms with Crippen LogP contribution in [0.2, 0.25) is 0 Å². The lowest BCUT2D eigenvalue weighted by Gasteiger charge is -2.30. The molecule has 0 saturated heterocycles. The number of carboxylic acid groups (broad SMARTS) is 1. The molecule has 1 atom stereocenters. The third-order valence-electron chi connectivity index (χ3n) is 3.99. The molecule has 0 saturated carbocycles. The Kier molecular flexibility index (Phi) is 7.08. The van der Waals surface area contributed by atoms with Crippen LogP contribution in [0.1, 0.15) is 36.2 Å².